The smallest absolute Gasteiger partial charge is 0.0664 e. The lowest BCUT2D eigenvalue weighted by Crippen LogP contribution is -2.39. The van der Waals surface area contributed by atoms with E-state index in [2.05, 4.69) is 39.8 Å². The van der Waals surface area contributed by atoms with Crippen LogP contribution in [0.2, 0.25) is 0 Å². The van der Waals surface area contributed by atoms with Crippen LogP contribution in [0.1, 0.15) is 98.3 Å². The second-order valence-electron chi connectivity index (χ2n) is 10.9. The number of aliphatic hydroxyl groups is 3. The molecule has 178 valence electrons. The lowest BCUT2D eigenvalue weighted by molar-refractivity contribution is -0.0559. The lowest BCUT2D eigenvalue weighted by atomic mass is 9.62. The van der Waals surface area contributed by atoms with Crippen molar-refractivity contribution in [1.29, 1.82) is 0 Å². The fourth-order valence-corrected chi connectivity index (χ4v) is 6.74. The summed E-state index contributed by atoms with van der Waals surface area (Å²) >= 11 is 0. The molecule has 3 saturated carbocycles. The zero-order valence-corrected chi connectivity index (χ0v) is 20.3. The molecule has 6 atom stereocenters. The minimum Gasteiger partial charge on any atom is -0.393 e. The van der Waals surface area contributed by atoms with Crippen molar-refractivity contribution >= 4 is 0 Å². The van der Waals surface area contributed by atoms with E-state index in [9.17, 15) is 15.3 Å². The normalized spacial score (nSPS) is 36.5. The highest BCUT2D eigenvalue weighted by molar-refractivity contribution is 5.26. The van der Waals surface area contributed by atoms with Crippen molar-refractivity contribution in [3.63, 3.8) is 0 Å². The molecule has 3 aliphatic rings. The summed E-state index contributed by atoms with van der Waals surface area (Å²) in [6, 6.07) is 0. The van der Waals surface area contributed by atoms with Gasteiger partial charge in [-0.25, -0.2) is 0 Å². The SMILES string of the molecule is CCC(O)(CC)CCO[C@H](C)[C@H]1CC[C@H]2/C(=C/C=C3C[C@@H](O)C[C@H](O)C3)CCC[C@]12C. The minimum atomic E-state index is -0.587. The third-order valence-electron chi connectivity index (χ3n) is 8.94. The molecule has 0 aromatic heterocycles. The third kappa shape index (κ3) is 5.82. The van der Waals surface area contributed by atoms with Crippen LogP contribution in [0.5, 0.6) is 0 Å². The van der Waals surface area contributed by atoms with Crippen LogP contribution in [0.15, 0.2) is 23.3 Å². The van der Waals surface area contributed by atoms with Gasteiger partial charge in [-0.2, -0.15) is 0 Å². The van der Waals surface area contributed by atoms with E-state index < -0.39 is 17.8 Å². The summed E-state index contributed by atoms with van der Waals surface area (Å²) in [7, 11) is 0. The van der Waals surface area contributed by atoms with E-state index in [0.29, 0.717) is 44.1 Å². The summed E-state index contributed by atoms with van der Waals surface area (Å²) < 4.78 is 6.31. The molecule has 0 saturated heterocycles. The van der Waals surface area contributed by atoms with E-state index in [0.717, 1.165) is 19.3 Å². The highest BCUT2D eigenvalue weighted by Gasteiger charge is 2.51. The van der Waals surface area contributed by atoms with Crippen LogP contribution < -0.4 is 0 Å². The van der Waals surface area contributed by atoms with Crippen molar-refractivity contribution in [3.05, 3.63) is 23.3 Å². The molecule has 0 amide bonds. The summed E-state index contributed by atoms with van der Waals surface area (Å²) in [6.07, 6.45) is 14.2. The molecule has 4 heteroatoms. The summed E-state index contributed by atoms with van der Waals surface area (Å²) in [6.45, 7) is 9.44. The fourth-order valence-electron chi connectivity index (χ4n) is 6.74. The highest BCUT2D eigenvalue weighted by Crippen LogP contribution is 2.58. The zero-order valence-electron chi connectivity index (χ0n) is 20.3. The number of hydrogen-bond acceptors (Lipinski definition) is 4. The Bertz CT molecular complexity index is 638. The van der Waals surface area contributed by atoms with Crippen LogP contribution in [0, 0.1) is 17.3 Å². The summed E-state index contributed by atoms with van der Waals surface area (Å²) in [4.78, 5) is 0. The first kappa shape index (κ1) is 25.0. The van der Waals surface area contributed by atoms with Crippen molar-refractivity contribution in [3.8, 4) is 0 Å². The van der Waals surface area contributed by atoms with Gasteiger partial charge in [0.2, 0.25) is 0 Å². The van der Waals surface area contributed by atoms with E-state index in [-0.39, 0.29) is 11.5 Å². The first-order valence-electron chi connectivity index (χ1n) is 12.8. The number of aliphatic hydroxyl groups excluding tert-OH is 2. The maximum atomic E-state index is 10.6. The Kier molecular flexibility index (Phi) is 8.45. The molecule has 0 aliphatic heterocycles. The average molecular weight is 435 g/mol. The van der Waals surface area contributed by atoms with Gasteiger partial charge in [0, 0.05) is 6.61 Å². The molecule has 0 bridgehead atoms. The summed E-state index contributed by atoms with van der Waals surface area (Å²) in [5.41, 5.74) is 2.42. The van der Waals surface area contributed by atoms with Gasteiger partial charge in [0.05, 0.1) is 23.9 Å². The summed E-state index contributed by atoms with van der Waals surface area (Å²) in [5.74, 6) is 1.17. The molecule has 3 N–H and O–H groups in total. The van der Waals surface area contributed by atoms with Crippen LogP contribution in [0.4, 0.5) is 0 Å². The molecule has 31 heavy (non-hydrogen) atoms. The van der Waals surface area contributed by atoms with E-state index in [4.69, 9.17) is 4.74 Å². The molecule has 0 aromatic rings. The second kappa shape index (κ2) is 10.5. The van der Waals surface area contributed by atoms with Crippen molar-refractivity contribution in [2.24, 2.45) is 17.3 Å². The number of ether oxygens (including phenoxy) is 1. The van der Waals surface area contributed by atoms with Crippen LogP contribution in [0.25, 0.3) is 0 Å². The van der Waals surface area contributed by atoms with E-state index in [1.807, 2.05) is 0 Å². The van der Waals surface area contributed by atoms with E-state index >= 15 is 0 Å². The van der Waals surface area contributed by atoms with Gasteiger partial charge in [0.1, 0.15) is 0 Å². The van der Waals surface area contributed by atoms with Gasteiger partial charge < -0.3 is 20.1 Å². The van der Waals surface area contributed by atoms with Gasteiger partial charge in [0.15, 0.2) is 0 Å². The second-order valence-corrected chi connectivity index (χ2v) is 10.9. The molecule has 0 heterocycles. The predicted octanol–water partition coefficient (Wildman–Crippen LogP) is 5.31. The molecule has 0 spiro atoms. The molecule has 0 aromatic carbocycles. The standard InChI is InChI=1S/C27H46O4/c1-5-27(30,6-2)14-15-31-19(3)24-11-12-25-21(8-7-13-26(24,25)4)10-9-20-16-22(28)18-23(29)17-20/h9-10,19,22-25,28-30H,5-8,11-18H2,1-4H3/b21-10+/t19-,22-,23-,24-,25+,26-/m1/s1. The van der Waals surface area contributed by atoms with Crippen LogP contribution in [-0.4, -0.2) is 45.8 Å². The van der Waals surface area contributed by atoms with Crippen molar-refractivity contribution in [2.75, 3.05) is 6.61 Å². The van der Waals surface area contributed by atoms with Crippen molar-refractivity contribution < 1.29 is 20.1 Å². The highest BCUT2D eigenvalue weighted by atomic mass is 16.5. The molecule has 0 unspecified atom stereocenters. The zero-order chi connectivity index (χ0) is 22.6. The quantitative estimate of drug-likeness (QED) is 0.484. The Morgan fingerprint density at radius 1 is 1.13 bits per heavy atom. The molecule has 4 nitrogen and oxygen atoms in total. The molecule has 3 fully saturated rings. The molecule has 3 aliphatic carbocycles. The van der Waals surface area contributed by atoms with Gasteiger partial charge in [-0.3, -0.25) is 0 Å². The average Bonchev–Trinajstić information content (AvgIpc) is 3.09. The van der Waals surface area contributed by atoms with Crippen molar-refractivity contribution in [2.45, 2.75) is 122 Å². The van der Waals surface area contributed by atoms with E-state index in [1.54, 1.807) is 5.57 Å². The minimum absolute atomic E-state index is 0.217. The maximum Gasteiger partial charge on any atom is 0.0664 e. The Morgan fingerprint density at radius 3 is 2.45 bits per heavy atom. The third-order valence-corrected chi connectivity index (χ3v) is 8.94. The maximum absolute atomic E-state index is 10.6. The molecule has 3 rings (SSSR count). The number of rotatable bonds is 8. The lowest BCUT2D eigenvalue weighted by Gasteiger charge is -2.44. The van der Waals surface area contributed by atoms with Crippen LogP contribution >= 0.6 is 0 Å². The predicted molar refractivity (Wildman–Crippen MR) is 126 cm³/mol. The Balaban J connectivity index is 1.64. The van der Waals surface area contributed by atoms with Gasteiger partial charge >= 0.3 is 0 Å². The molecule has 0 radical (unpaired) electrons. The number of allylic oxidation sites excluding steroid dienone is 3. The van der Waals surface area contributed by atoms with Gasteiger partial charge in [-0.05, 0) is 94.8 Å². The molecular weight excluding hydrogens is 388 g/mol. The summed E-state index contributed by atoms with van der Waals surface area (Å²) in [5, 5.41) is 30.5. The number of fused-ring (bicyclic) bond motifs is 1. The van der Waals surface area contributed by atoms with E-state index in [1.165, 1.54) is 31.3 Å². The largest absolute Gasteiger partial charge is 0.393 e. The van der Waals surface area contributed by atoms with Gasteiger partial charge in [0.25, 0.3) is 0 Å². The van der Waals surface area contributed by atoms with Crippen LogP contribution in [-0.2, 0) is 4.74 Å². The van der Waals surface area contributed by atoms with Gasteiger partial charge in [-0.1, -0.05) is 44.1 Å². The first-order valence-corrected chi connectivity index (χ1v) is 12.8. The van der Waals surface area contributed by atoms with Crippen molar-refractivity contribution in [1.82, 2.24) is 0 Å². The van der Waals surface area contributed by atoms with Gasteiger partial charge in [-0.15, -0.1) is 0 Å². The fraction of sp³-hybridized carbons (Fsp3) is 0.852. The topological polar surface area (TPSA) is 69.9 Å². The molecular formula is C27H46O4. The Labute approximate surface area is 189 Å². The first-order chi connectivity index (χ1) is 14.7. The Hall–Kier alpha value is -0.680. The van der Waals surface area contributed by atoms with Crippen LogP contribution in [0.3, 0.4) is 0 Å². The monoisotopic (exact) mass is 434 g/mol. The number of hydrogen-bond donors (Lipinski definition) is 3. The Morgan fingerprint density at radius 2 is 1.81 bits per heavy atom.